The molecular formula is C13H19N5O. The summed E-state index contributed by atoms with van der Waals surface area (Å²) in [6.07, 6.45) is 3.95. The molecule has 0 aromatic carbocycles. The van der Waals surface area contributed by atoms with Crippen molar-refractivity contribution in [1.82, 2.24) is 9.88 Å². The number of amides is 1. The summed E-state index contributed by atoms with van der Waals surface area (Å²) in [4.78, 5) is 18.0. The second-order valence-corrected chi connectivity index (χ2v) is 5.41. The van der Waals surface area contributed by atoms with E-state index in [2.05, 4.69) is 15.2 Å². The number of hydrogen-bond acceptors (Lipinski definition) is 5. The molecule has 1 aromatic heterocycles. The van der Waals surface area contributed by atoms with Crippen molar-refractivity contribution in [2.45, 2.75) is 18.9 Å². The van der Waals surface area contributed by atoms with Crippen LogP contribution in [-0.2, 0) is 0 Å². The third-order valence-corrected chi connectivity index (χ3v) is 4.19. The molecule has 3 aliphatic rings. The summed E-state index contributed by atoms with van der Waals surface area (Å²) >= 11 is 0. The first kappa shape index (κ1) is 12.2. The van der Waals surface area contributed by atoms with Gasteiger partial charge in [0, 0.05) is 12.6 Å². The van der Waals surface area contributed by atoms with Gasteiger partial charge in [-0.3, -0.25) is 4.79 Å². The molecular weight excluding hydrogens is 242 g/mol. The number of anilines is 2. The van der Waals surface area contributed by atoms with Gasteiger partial charge < -0.3 is 21.7 Å². The minimum absolute atomic E-state index is 0.326. The molecule has 0 radical (unpaired) electrons. The number of carbonyl (C=O) groups excluding carboxylic acids is 1. The third-order valence-electron chi connectivity index (χ3n) is 4.19. The Labute approximate surface area is 112 Å². The molecule has 5 N–H and O–H groups in total. The van der Waals surface area contributed by atoms with Crippen molar-refractivity contribution >= 4 is 17.4 Å². The van der Waals surface area contributed by atoms with E-state index in [0.717, 1.165) is 6.54 Å². The highest BCUT2D eigenvalue weighted by atomic mass is 16.1. The van der Waals surface area contributed by atoms with Crippen LogP contribution in [0.15, 0.2) is 12.3 Å². The van der Waals surface area contributed by atoms with E-state index in [4.69, 9.17) is 11.5 Å². The highest BCUT2D eigenvalue weighted by Gasteiger charge is 2.34. The SMILES string of the molecule is NC(=O)c1cc(NC2CN3CCC2CC3)ncc1N. The number of primary amides is 1. The molecule has 3 saturated heterocycles. The Balaban J connectivity index is 1.76. The molecule has 1 amide bonds. The number of nitrogens with zero attached hydrogens (tertiary/aromatic N) is 2. The van der Waals surface area contributed by atoms with Crippen LogP contribution in [0, 0.1) is 5.92 Å². The molecule has 19 heavy (non-hydrogen) atoms. The third kappa shape index (κ3) is 2.35. The van der Waals surface area contributed by atoms with Crippen LogP contribution in [0.1, 0.15) is 23.2 Å². The zero-order chi connectivity index (χ0) is 13.4. The lowest BCUT2D eigenvalue weighted by Gasteiger charge is -2.45. The molecule has 6 heteroatoms. The van der Waals surface area contributed by atoms with E-state index in [-0.39, 0.29) is 0 Å². The van der Waals surface area contributed by atoms with Crippen molar-refractivity contribution in [3.05, 3.63) is 17.8 Å². The zero-order valence-corrected chi connectivity index (χ0v) is 10.8. The number of aromatic nitrogens is 1. The Hall–Kier alpha value is -1.82. The Morgan fingerprint density at radius 3 is 2.74 bits per heavy atom. The molecule has 4 heterocycles. The summed E-state index contributed by atoms with van der Waals surface area (Å²) in [5.74, 6) is 0.861. The van der Waals surface area contributed by atoms with Crippen LogP contribution in [0.3, 0.4) is 0 Å². The summed E-state index contributed by atoms with van der Waals surface area (Å²) < 4.78 is 0. The number of carbonyl (C=O) groups is 1. The number of nitrogen functional groups attached to an aromatic ring is 1. The van der Waals surface area contributed by atoms with Crippen molar-refractivity contribution < 1.29 is 4.79 Å². The number of hydrogen-bond donors (Lipinski definition) is 3. The Kier molecular flexibility index (Phi) is 3.02. The first-order chi connectivity index (χ1) is 9.13. The normalized spacial score (nSPS) is 29.2. The summed E-state index contributed by atoms with van der Waals surface area (Å²) in [6.45, 7) is 3.44. The summed E-state index contributed by atoms with van der Waals surface area (Å²) in [5, 5.41) is 3.42. The zero-order valence-electron chi connectivity index (χ0n) is 10.8. The number of piperidine rings is 3. The molecule has 102 valence electrons. The van der Waals surface area contributed by atoms with Gasteiger partial charge in [0.25, 0.3) is 5.91 Å². The Bertz CT molecular complexity index is 496. The number of nitrogens with one attached hydrogen (secondary N) is 1. The number of fused-ring (bicyclic) bond motifs is 3. The average Bonchev–Trinajstić information content (AvgIpc) is 2.42. The molecule has 0 spiro atoms. The quantitative estimate of drug-likeness (QED) is 0.725. The fraction of sp³-hybridized carbons (Fsp3) is 0.538. The molecule has 0 saturated carbocycles. The predicted molar refractivity (Wildman–Crippen MR) is 73.7 cm³/mol. The molecule has 1 aromatic rings. The molecule has 2 bridgehead atoms. The van der Waals surface area contributed by atoms with Gasteiger partial charge in [0.1, 0.15) is 5.82 Å². The highest BCUT2D eigenvalue weighted by molar-refractivity contribution is 5.98. The first-order valence-electron chi connectivity index (χ1n) is 6.67. The van der Waals surface area contributed by atoms with E-state index in [0.29, 0.717) is 29.0 Å². The average molecular weight is 261 g/mol. The van der Waals surface area contributed by atoms with Crippen LogP contribution in [0.25, 0.3) is 0 Å². The van der Waals surface area contributed by atoms with E-state index < -0.39 is 5.91 Å². The Morgan fingerprint density at radius 1 is 1.42 bits per heavy atom. The molecule has 3 fully saturated rings. The van der Waals surface area contributed by atoms with Gasteiger partial charge in [0.2, 0.25) is 0 Å². The standard InChI is InChI=1S/C13H19N5O/c14-10-6-16-12(5-9(10)13(15)19)17-11-7-18-3-1-8(11)2-4-18/h5-6,8,11H,1-4,7,14H2,(H2,15,19)(H,16,17). The lowest BCUT2D eigenvalue weighted by atomic mass is 9.84. The van der Waals surface area contributed by atoms with Gasteiger partial charge in [-0.15, -0.1) is 0 Å². The Morgan fingerprint density at radius 2 is 2.16 bits per heavy atom. The van der Waals surface area contributed by atoms with Crippen molar-refractivity contribution in [2.24, 2.45) is 11.7 Å². The van der Waals surface area contributed by atoms with Crippen LogP contribution in [0.2, 0.25) is 0 Å². The number of pyridine rings is 1. The first-order valence-corrected chi connectivity index (χ1v) is 6.67. The van der Waals surface area contributed by atoms with Gasteiger partial charge in [-0.2, -0.15) is 0 Å². The smallest absolute Gasteiger partial charge is 0.250 e. The van der Waals surface area contributed by atoms with Gasteiger partial charge in [0.05, 0.1) is 17.4 Å². The topological polar surface area (TPSA) is 97.3 Å². The molecule has 1 atom stereocenters. The van der Waals surface area contributed by atoms with Gasteiger partial charge in [-0.1, -0.05) is 0 Å². The van der Waals surface area contributed by atoms with E-state index in [1.165, 1.54) is 32.1 Å². The lowest BCUT2D eigenvalue weighted by Crippen LogP contribution is -2.53. The molecule has 0 aliphatic carbocycles. The van der Waals surface area contributed by atoms with E-state index in [1.807, 2.05) is 0 Å². The highest BCUT2D eigenvalue weighted by Crippen LogP contribution is 2.29. The maximum absolute atomic E-state index is 11.3. The minimum atomic E-state index is -0.517. The summed E-state index contributed by atoms with van der Waals surface area (Å²) in [6, 6.07) is 2.05. The van der Waals surface area contributed by atoms with Crippen LogP contribution >= 0.6 is 0 Å². The minimum Gasteiger partial charge on any atom is -0.397 e. The molecule has 6 nitrogen and oxygen atoms in total. The predicted octanol–water partition coefficient (Wildman–Crippen LogP) is 0.269. The van der Waals surface area contributed by atoms with Crippen molar-refractivity contribution in [2.75, 3.05) is 30.7 Å². The van der Waals surface area contributed by atoms with Crippen molar-refractivity contribution in [1.29, 1.82) is 0 Å². The van der Waals surface area contributed by atoms with Gasteiger partial charge >= 0.3 is 0 Å². The van der Waals surface area contributed by atoms with E-state index >= 15 is 0 Å². The molecule has 3 aliphatic heterocycles. The maximum atomic E-state index is 11.3. The van der Waals surface area contributed by atoms with E-state index in [1.54, 1.807) is 6.07 Å². The number of nitrogens with two attached hydrogens (primary N) is 2. The van der Waals surface area contributed by atoms with Crippen LogP contribution in [0.5, 0.6) is 0 Å². The van der Waals surface area contributed by atoms with Crippen molar-refractivity contribution in [3.8, 4) is 0 Å². The summed E-state index contributed by atoms with van der Waals surface area (Å²) in [7, 11) is 0. The van der Waals surface area contributed by atoms with Gasteiger partial charge in [-0.05, 0) is 37.9 Å². The molecule has 4 rings (SSSR count). The van der Waals surface area contributed by atoms with Crippen molar-refractivity contribution in [3.63, 3.8) is 0 Å². The van der Waals surface area contributed by atoms with Gasteiger partial charge in [-0.25, -0.2) is 4.98 Å². The second-order valence-electron chi connectivity index (χ2n) is 5.41. The summed E-state index contributed by atoms with van der Waals surface area (Å²) in [5.41, 5.74) is 11.6. The molecule has 1 unspecified atom stereocenters. The fourth-order valence-electron chi connectivity index (χ4n) is 3.08. The largest absolute Gasteiger partial charge is 0.397 e. The van der Waals surface area contributed by atoms with E-state index in [9.17, 15) is 4.79 Å². The fourth-order valence-corrected chi connectivity index (χ4v) is 3.08. The monoisotopic (exact) mass is 261 g/mol. The number of rotatable bonds is 3. The second kappa shape index (κ2) is 4.70. The lowest BCUT2D eigenvalue weighted by molar-refractivity contribution is 0.0973. The van der Waals surface area contributed by atoms with Crippen LogP contribution in [-0.4, -0.2) is 41.5 Å². The van der Waals surface area contributed by atoms with Crippen LogP contribution < -0.4 is 16.8 Å². The van der Waals surface area contributed by atoms with Gasteiger partial charge in [0.15, 0.2) is 0 Å². The maximum Gasteiger partial charge on any atom is 0.250 e. The van der Waals surface area contributed by atoms with Crippen LogP contribution in [0.4, 0.5) is 11.5 Å².